The lowest BCUT2D eigenvalue weighted by Crippen LogP contribution is -1.97. The summed E-state index contributed by atoms with van der Waals surface area (Å²) in [6.45, 7) is 2.01. The van der Waals surface area contributed by atoms with Crippen molar-refractivity contribution in [3.8, 4) is 11.6 Å². The summed E-state index contributed by atoms with van der Waals surface area (Å²) in [5.41, 5.74) is 1.09. The fraction of sp³-hybridized carbons (Fsp3) is 0.400. The third-order valence-electron chi connectivity index (χ3n) is 2.68. The van der Waals surface area contributed by atoms with Crippen molar-refractivity contribution in [2.24, 2.45) is 0 Å². The Morgan fingerprint density at radius 2 is 2.40 bits per heavy atom. The average molecular weight is 221 g/mol. The Bertz CT molecular complexity index is 547. The summed E-state index contributed by atoms with van der Waals surface area (Å²) in [5.74, 6) is 1.64. The molecule has 0 saturated heterocycles. The van der Waals surface area contributed by atoms with E-state index in [4.69, 9.17) is 16.6 Å². The second-order valence-corrected chi connectivity index (χ2v) is 4.27. The van der Waals surface area contributed by atoms with Crippen molar-refractivity contribution in [3.63, 3.8) is 0 Å². The van der Waals surface area contributed by atoms with E-state index in [1.807, 2.05) is 13.0 Å². The Kier molecular flexibility index (Phi) is 1.82. The molecule has 1 saturated carbocycles. The number of furan rings is 1. The molecule has 1 N–H and O–H groups in total. The van der Waals surface area contributed by atoms with Gasteiger partial charge in [-0.05, 0) is 43.6 Å². The van der Waals surface area contributed by atoms with Crippen LogP contribution in [0, 0.1) is 11.7 Å². The van der Waals surface area contributed by atoms with E-state index in [0.717, 1.165) is 17.1 Å². The molecule has 0 amide bonds. The fourth-order valence-corrected chi connectivity index (χ4v) is 2.02. The van der Waals surface area contributed by atoms with Crippen LogP contribution in [0.2, 0.25) is 0 Å². The van der Waals surface area contributed by atoms with Gasteiger partial charge < -0.3 is 4.42 Å². The summed E-state index contributed by atoms with van der Waals surface area (Å²) in [7, 11) is 0. The lowest BCUT2D eigenvalue weighted by Gasteiger charge is -2.02. The van der Waals surface area contributed by atoms with Gasteiger partial charge in [-0.2, -0.15) is 5.10 Å². The number of hydrogen-bond acceptors (Lipinski definition) is 3. The lowest BCUT2D eigenvalue weighted by molar-refractivity contribution is 0.567. The molecule has 5 heteroatoms. The first kappa shape index (κ1) is 8.91. The maximum absolute atomic E-state index is 5.43. The van der Waals surface area contributed by atoms with E-state index in [9.17, 15) is 0 Å². The normalized spacial score (nSPS) is 15.8. The lowest BCUT2D eigenvalue weighted by atomic mass is 10.3. The molecule has 2 heterocycles. The smallest absolute Gasteiger partial charge is 0.198 e. The number of H-pyrrole nitrogens is 1. The van der Waals surface area contributed by atoms with Gasteiger partial charge in [0.25, 0.3) is 0 Å². The van der Waals surface area contributed by atoms with E-state index in [1.165, 1.54) is 12.8 Å². The number of rotatable bonds is 2. The van der Waals surface area contributed by atoms with Crippen LogP contribution < -0.4 is 0 Å². The van der Waals surface area contributed by atoms with Crippen LogP contribution in [-0.2, 0) is 0 Å². The van der Waals surface area contributed by atoms with Crippen LogP contribution in [-0.4, -0.2) is 14.8 Å². The monoisotopic (exact) mass is 221 g/mol. The van der Waals surface area contributed by atoms with E-state index >= 15 is 0 Å². The van der Waals surface area contributed by atoms with Crippen molar-refractivity contribution in [2.75, 3.05) is 0 Å². The molecular weight excluding hydrogens is 210 g/mol. The van der Waals surface area contributed by atoms with Crippen molar-refractivity contribution in [1.82, 2.24) is 14.8 Å². The molecular formula is C10H11N3OS. The molecule has 0 bridgehead atoms. The Morgan fingerprint density at radius 1 is 1.60 bits per heavy atom. The first-order valence-electron chi connectivity index (χ1n) is 4.99. The molecule has 1 aliphatic carbocycles. The van der Waals surface area contributed by atoms with Crippen molar-refractivity contribution >= 4 is 12.2 Å². The maximum atomic E-state index is 5.43. The second-order valence-electron chi connectivity index (χ2n) is 3.89. The second kappa shape index (κ2) is 3.06. The van der Waals surface area contributed by atoms with Crippen LogP contribution in [0.25, 0.3) is 11.6 Å². The van der Waals surface area contributed by atoms with Crippen LogP contribution >= 0.6 is 12.2 Å². The van der Waals surface area contributed by atoms with Crippen molar-refractivity contribution in [1.29, 1.82) is 0 Å². The van der Waals surface area contributed by atoms with E-state index in [-0.39, 0.29) is 0 Å². The van der Waals surface area contributed by atoms with Gasteiger partial charge in [-0.15, -0.1) is 0 Å². The minimum absolute atomic E-state index is 0.510. The number of aromatic nitrogens is 3. The highest BCUT2D eigenvalue weighted by Gasteiger charge is 2.28. The van der Waals surface area contributed by atoms with Crippen molar-refractivity contribution in [2.45, 2.75) is 25.8 Å². The summed E-state index contributed by atoms with van der Waals surface area (Å²) < 4.78 is 8.17. The summed E-state index contributed by atoms with van der Waals surface area (Å²) in [5, 5.41) is 7.06. The highest BCUT2D eigenvalue weighted by Crippen LogP contribution is 2.38. The fourth-order valence-electron chi connectivity index (χ4n) is 1.74. The number of nitrogens with zero attached hydrogens (tertiary/aromatic N) is 2. The molecule has 2 aromatic rings. The SMILES string of the molecule is Cc1ccoc1-c1n[nH]c(=S)n1C1CC1. The van der Waals surface area contributed by atoms with Crippen LogP contribution in [0.3, 0.4) is 0 Å². The average Bonchev–Trinajstić information content (AvgIpc) is 2.85. The van der Waals surface area contributed by atoms with Gasteiger partial charge in [0.2, 0.25) is 0 Å². The van der Waals surface area contributed by atoms with Gasteiger partial charge in [-0.3, -0.25) is 9.67 Å². The predicted molar refractivity (Wildman–Crippen MR) is 58.1 cm³/mol. The largest absolute Gasteiger partial charge is 0.461 e. The van der Waals surface area contributed by atoms with Crippen LogP contribution in [0.5, 0.6) is 0 Å². The zero-order valence-electron chi connectivity index (χ0n) is 8.36. The minimum atomic E-state index is 0.510. The highest BCUT2D eigenvalue weighted by atomic mass is 32.1. The standard InChI is InChI=1S/C10H11N3OS/c1-6-4-5-14-8(6)9-11-12-10(15)13(9)7-2-3-7/h4-5,7H,2-3H2,1H3,(H,12,15). The van der Waals surface area contributed by atoms with Gasteiger partial charge >= 0.3 is 0 Å². The van der Waals surface area contributed by atoms with Gasteiger partial charge in [0.1, 0.15) is 0 Å². The van der Waals surface area contributed by atoms with Crippen LogP contribution in [0.15, 0.2) is 16.7 Å². The molecule has 1 fully saturated rings. The zero-order chi connectivity index (χ0) is 10.4. The first-order valence-corrected chi connectivity index (χ1v) is 5.39. The molecule has 0 atom stereocenters. The third-order valence-corrected chi connectivity index (χ3v) is 2.97. The summed E-state index contributed by atoms with van der Waals surface area (Å²) in [6.07, 6.45) is 4.04. The molecule has 1 aliphatic rings. The highest BCUT2D eigenvalue weighted by molar-refractivity contribution is 7.71. The van der Waals surface area contributed by atoms with Crippen LogP contribution in [0.4, 0.5) is 0 Å². The van der Waals surface area contributed by atoms with Crippen molar-refractivity contribution in [3.05, 3.63) is 22.7 Å². The predicted octanol–water partition coefficient (Wildman–Crippen LogP) is 2.84. The first-order chi connectivity index (χ1) is 7.27. The topological polar surface area (TPSA) is 46.8 Å². The molecule has 0 aliphatic heterocycles. The third kappa shape index (κ3) is 1.34. The van der Waals surface area contributed by atoms with E-state index in [1.54, 1.807) is 6.26 Å². The molecule has 0 spiro atoms. The molecule has 15 heavy (non-hydrogen) atoms. The number of aromatic amines is 1. The van der Waals surface area contributed by atoms with E-state index < -0.39 is 0 Å². The molecule has 0 radical (unpaired) electrons. The molecule has 78 valence electrons. The van der Waals surface area contributed by atoms with Gasteiger partial charge in [0, 0.05) is 6.04 Å². The summed E-state index contributed by atoms with van der Waals surface area (Å²) in [4.78, 5) is 0. The number of aryl methyl sites for hydroxylation is 1. The Morgan fingerprint density at radius 3 is 3.00 bits per heavy atom. The van der Waals surface area contributed by atoms with Gasteiger partial charge in [0.15, 0.2) is 16.4 Å². The molecule has 4 nitrogen and oxygen atoms in total. The van der Waals surface area contributed by atoms with Crippen molar-refractivity contribution < 1.29 is 4.42 Å². The Balaban J connectivity index is 2.20. The molecule has 0 unspecified atom stereocenters. The molecule has 0 aromatic carbocycles. The van der Waals surface area contributed by atoms with Crippen LogP contribution in [0.1, 0.15) is 24.4 Å². The number of nitrogens with one attached hydrogen (secondary N) is 1. The quantitative estimate of drug-likeness (QED) is 0.793. The summed E-state index contributed by atoms with van der Waals surface area (Å²) >= 11 is 5.21. The van der Waals surface area contributed by atoms with E-state index in [0.29, 0.717) is 10.8 Å². The molecule has 2 aromatic heterocycles. The minimum Gasteiger partial charge on any atom is -0.461 e. The Hall–Kier alpha value is -1.36. The van der Waals surface area contributed by atoms with E-state index in [2.05, 4.69) is 14.8 Å². The van der Waals surface area contributed by atoms with Gasteiger partial charge in [-0.25, -0.2) is 0 Å². The van der Waals surface area contributed by atoms with Gasteiger partial charge in [0.05, 0.1) is 6.26 Å². The zero-order valence-corrected chi connectivity index (χ0v) is 9.17. The molecule has 3 rings (SSSR count). The Labute approximate surface area is 91.9 Å². The van der Waals surface area contributed by atoms with Gasteiger partial charge in [-0.1, -0.05) is 0 Å². The number of hydrogen-bond donors (Lipinski definition) is 1. The maximum Gasteiger partial charge on any atom is 0.198 e. The summed E-state index contributed by atoms with van der Waals surface area (Å²) in [6, 6.07) is 2.44.